The van der Waals surface area contributed by atoms with E-state index < -0.39 is 17.0 Å². The van der Waals surface area contributed by atoms with Gasteiger partial charge in [0.2, 0.25) is 0 Å². The first-order valence-corrected chi connectivity index (χ1v) is 4.06. The zero-order valence-electron chi connectivity index (χ0n) is 7.91. The second-order valence-electron chi connectivity index (χ2n) is 2.77. The van der Waals surface area contributed by atoms with Gasteiger partial charge in [-0.2, -0.15) is 0 Å². The third kappa shape index (κ3) is 2.50. The maximum absolute atomic E-state index is 10.9. The number of hydrogen-bond acceptors (Lipinski definition) is 5. The highest BCUT2D eigenvalue weighted by atomic mass is 16.6. The Bertz CT molecular complexity index is 373. The lowest BCUT2D eigenvalue weighted by atomic mass is 10.1. The summed E-state index contributed by atoms with van der Waals surface area (Å²) in [4.78, 5) is 20.7. The van der Waals surface area contributed by atoms with Crippen molar-refractivity contribution in [1.82, 2.24) is 0 Å². The summed E-state index contributed by atoms with van der Waals surface area (Å²) in [7, 11) is 1.15. The van der Waals surface area contributed by atoms with Gasteiger partial charge in [-0.15, -0.1) is 0 Å². The van der Waals surface area contributed by atoms with Gasteiger partial charge in [-0.3, -0.25) is 10.1 Å². The van der Waals surface area contributed by atoms with Gasteiger partial charge < -0.3 is 9.84 Å². The fourth-order valence-corrected chi connectivity index (χ4v) is 1.03. The molecule has 1 unspecified atom stereocenters. The Hall–Kier alpha value is -1.95. The van der Waals surface area contributed by atoms with Crippen LogP contribution < -0.4 is 0 Å². The molecule has 0 radical (unpaired) electrons. The summed E-state index contributed by atoms with van der Waals surface area (Å²) in [5.74, 6) is -0.802. The van der Waals surface area contributed by atoms with E-state index in [-0.39, 0.29) is 11.3 Å². The van der Waals surface area contributed by atoms with Crippen molar-refractivity contribution in [2.24, 2.45) is 0 Å². The largest absolute Gasteiger partial charge is 0.467 e. The quantitative estimate of drug-likeness (QED) is 0.453. The molecule has 1 rings (SSSR count). The van der Waals surface area contributed by atoms with Crippen molar-refractivity contribution >= 4 is 11.7 Å². The number of nitro benzene ring substituents is 1. The van der Waals surface area contributed by atoms with Gasteiger partial charge in [-0.25, -0.2) is 4.79 Å². The van der Waals surface area contributed by atoms with Crippen LogP contribution in [0.3, 0.4) is 0 Å². The van der Waals surface area contributed by atoms with Gasteiger partial charge in [0.1, 0.15) is 0 Å². The van der Waals surface area contributed by atoms with E-state index in [1.54, 1.807) is 0 Å². The van der Waals surface area contributed by atoms with E-state index >= 15 is 0 Å². The fourth-order valence-electron chi connectivity index (χ4n) is 1.03. The number of aliphatic hydroxyl groups excluding tert-OH is 1. The molecule has 0 heterocycles. The molecule has 0 aliphatic heterocycles. The number of non-ortho nitro benzene ring substituents is 1. The minimum absolute atomic E-state index is 0.101. The molecule has 0 bridgehead atoms. The molecule has 80 valence electrons. The molecule has 6 nitrogen and oxygen atoms in total. The average molecular weight is 211 g/mol. The minimum atomic E-state index is -1.41. The van der Waals surface area contributed by atoms with Gasteiger partial charge in [0, 0.05) is 12.1 Å². The third-order valence-electron chi connectivity index (χ3n) is 1.84. The molecule has 15 heavy (non-hydrogen) atoms. The van der Waals surface area contributed by atoms with E-state index in [4.69, 9.17) is 0 Å². The number of esters is 1. The van der Waals surface area contributed by atoms with E-state index in [1.807, 2.05) is 0 Å². The number of hydrogen-bond donors (Lipinski definition) is 1. The van der Waals surface area contributed by atoms with E-state index in [2.05, 4.69) is 4.74 Å². The summed E-state index contributed by atoms with van der Waals surface area (Å²) in [5.41, 5.74) is 0.156. The van der Waals surface area contributed by atoms with E-state index in [0.29, 0.717) is 0 Å². The predicted molar refractivity (Wildman–Crippen MR) is 50.1 cm³/mol. The SMILES string of the molecule is COC(=O)C(O)c1ccc([N+](=O)[O-])cc1. The lowest BCUT2D eigenvalue weighted by Crippen LogP contribution is -2.13. The highest BCUT2D eigenvalue weighted by Gasteiger charge is 2.18. The summed E-state index contributed by atoms with van der Waals surface area (Å²) in [5, 5.41) is 19.7. The fraction of sp³-hybridized carbons (Fsp3) is 0.222. The van der Waals surface area contributed by atoms with Crippen molar-refractivity contribution in [2.75, 3.05) is 7.11 Å². The predicted octanol–water partition coefficient (Wildman–Crippen LogP) is 0.801. The molecule has 6 heteroatoms. The Morgan fingerprint density at radius 1 is 1.47 bits per heavy atom. The third-order valence-corrected chi connectivity index (χ3v) is 1.84. The molecule has 0 spiro atoms. The van der Waals surface area contributed by atoms with Crippen molar-refractivity contribution in [3.8, 4) is 0 Å². The zero-order chi connectivity index (χ0) is 11.4. The molecule has 1 aromatic carbocycles. The van der Waals surface area contributed by atoms with Crippen LogP contribution in [0.4, 0.5) is 5.69 Å². The van der Waals surface area contributed by atoms with Crippen LogP contribution in [-0.2, 0) is 9.53 Å². The molecular weight excluding hydrogens is 202 g/mol. The summed E-state index contributed by atoms with van der Waals surface area (Å²) < 4.78 is 4.32. The topological polar surface area (TPSA) is 89.7 Å². The van der Waals surface area contributed by atoms with E-state index in [9.17, 15) is 20.0 Å². The van der Waals surface area contributed by atoms with Crippen LogP contribution in [0.15, 0.2) is 24.3 Å². The van der Waals surface area contributed by atoms with Crippen molar-refractivity contribution in [2.45, 2.75) is 6.10 Å². The van der Waals surface area contributed by atoms with E-state index in [0.717, 1.165) is 7.11 Å². The smallest absolute Gasteiger partial charge is 0.339 e. The molecule has 0 aromatic heterocycles. The summed E-state index contributed by atoms with van der Waals surface area (Å²) in [6.45, 7) is 0. The highest BCUT2D eigenvalue weighted by molar-refractivity contribution is 5.76. The monoisotopic (exact) mass is 211 g/mol. The van der Waals surface area contributed by atoms with Crippen molar-refractivity contribution < 1.29 is 19.6 Å². The summed E-state index contributed by atoms with van der Waals surface area (Å²) in [6, 6.07) is 5.03. The Morgan fingerprint density at radius 2 is 2.00 bits per heavy atom. The summed E-state index contributed by atoms with van der Waals surface area (Å²) >= 11 is 0. The number of nitrogens with zero attached hydrogens (tertiary/aromatic N) is 1. The number of nitro groups is 1. The van der Waals surface area contributed by atoms with Gasteiger partial charge in [0.15, 0.2) is 6.10 Å². The van der Waals surface area contributed by atoms with Crippen LogP contribution in [0, 0.1) is 10.1 Å². The van der Waals surface area contributed by atoms with Gasteiger partial charge >= 0.3 is 5.97 Å². The average Bonchev–Trinajstić information content (AvgIpc) is 2.27. The van der Waals surface area contributed by atoms with Gasteiger partial charge in [0.25, 0.3) is 5.69 Å². The van der Waals surface area contributed by atoms with Crippen LogP contribution in [0.5, 0.6) is 0 Å². The molecule has 0 fully saturated rings. The minimum Gasteiger partial charge on any atom is -0.467 e. The van der Waals surface area contributed by atoms with Gasteiger partial charge in [-0.05, 0) is 17.7 Å². The Morgan fingerprint density at radius 3 is 2.40 bits per heavy atom. The lowest BCUT2D eigenvalue weighted by Gasteiger charge is -2.07. The lowest BCUT2D eigenvalue weighted by molar-refractivity contribution is -0.384. The Balaban J connectivity index is 2.89. The number of ether oxygens (including phenoxy) is 1. The molecular formula is C9H9NO5. The first-order chi connectivity index (χ1) is 7.06. The standard InChI is InChI=1S/C9H9NO5/c1-15-9(12)8(11)6-2-4-7(5-3-6)10(13)14/h2-5,8,11H,1H3. The molecule has 1 N–H and O–H groups in total. The molecule has 1 atom stereocenters. The number of rotatable bonds is 3. The molecule has 0 saturated heterocycles. The Kier molecular flexibility index (Phi) is 3.35. The second-order valence-corrected chi connectivity index (χ2v) is 2.77. The molecule has 0 aliphatic rings. The zero-order valence-corrected chi connectivity index (χ0v) is 7.91. The van der Waals surface area contributed by atoms with Crippen molar-refractivity contribution in [3.63, 3.8) is 0 Å². The number of methoxy groups -OCH3 is 1. The normalized spacial score (nSPS) is 11.9. The van der Waals surface area contributed by atoms with Crippen LogP contribution in [0.25, 0.3) is 0 Å². The maximum Gasteiger partial charge on any atom is 0.339 e. The maximum atomic E-state index is 10.9. The van der Waals surface area contributed by atoms with Crippen LogP contribution in [0.1, 0.15) is 11.7 Å². The second kappa shape index (κ2) is 4.52. The first kappa shape index (κ1) is 11.1. The van der Waals surface area contributed by atoms with Crippen molar-refractivity contribution in [3.05, 3.63) is 39.9 Å². The molecule has 0 saturated carbocycles. The van der Waals surface area contributed by atoms with Crippen molar-refractivity contribution in [1.29, 1.82) is 0 Å². The molecule has 0 aliphatic carbocycles. The summed E-state index contributed by atoms with van der Waals surface area (Å²) in [6.07, 6.45) is -1.41. The number of aliphatic hydroxyl groups is 1. The number of benzene rings is 1. The number of carbonyl (C=O) groups excluding carboxylic acids is 1. The van der Waals surface area contributed by atoms with Crippen LogP contribution >= 0.6 is 0 Å². The van der Waals surface area contributed by atoms with Crippen LogP contribution in [0.2, 0.25) is 0 Å². The highest BCUT2D eigenvalue weighted by Crippen LogP contribution is 2.18. The van der Waals surface area contributed by atoms with Gasteiger partial charge in [0.05, 0.1) is 12.0 Å². The molecule has 0 amide bonds. The van der Waals surface area contributed by atoms with Gasteiger partial charge in [-0.1, -0.05) is 0 Å². The van der Waals surface area contributed by atoms with E-state index in [1.165, 1.54) is 24.3 Å². The Labute approximate surface area is 85.2 Å². The van der Waals surface area contributed by atoms with Crippen LogP contribution in [-0.4, -0.2) is 23.1 Å². The molecule has 1 aromatic rings. The first-order valence-electron chi connectivity index (χ1n) is 4.06. The number of carbonyl (C=O) groups is 1.